The number of amides is 2. The average Bonchev–Trinajstić information content (AvgIpc) is 3.21. The van der Waals surface area contributed by atoms with Crippen molar-refractivity contribution in [2.24, 2.45) is 17.1 Å². The quantitative estimate of drug-likeness (QED) is 0.452. The molecule has 0 radical (unpaired) electrons. The zero-order chi connectivity index (χ0) is 25.5. The molecule has 2 amide bonds. The fourth-order valence-electron chi connectivity index (χ4n) is 5.42. The molecule has 1 atom stereocenters. The van der Waals surface area contributed by atoms with Crippen LogP contribution in [0.4, 0.5) is 13.2 Å². The third-order valence-corrected chi connectivity index (χ3v) is 7.09. The van der Waals surface area contributed by atoms with Crippen molar-refractivity contribution in [2.75, 3.05) is 0 Å². The molecule has 11 heteroatoms. The van der Waals surface area contributed by atoms with E-state index in [-0.39, 0.29) is 23.0 Å². The van der Waals surface area contributed by atoms with Gasteiger partial charge in [0.05, 0.1) is 41.5 Å². The predicted octanol–water partition coefficient (Wildman–Crippen LogP) is 4.05. The number of carbonyl (C=O) groups excluding carboxylic acids is 2. The summed E-state index contributed by atoms with van der Waals surface area (Å²) in [5.41, 5.74) is 8.51. The molecule has 8 nitrogen and oxygen atoms in total. The number of hydrogen-bond acceptors (Lipinski definition) is 5. The molecule has 1 spiro atoms. The molecule has 1 unspecified atom stereocenters. The summed E-state index contributed by atoms with van der Waals surface area (Å²) in [4.78, 5) is 29.5. The second kappa shape index (κ2) is 9.12. The molecule has 2 aromatic heterocycles. The van der Waals surface area contributed by atoms with Crippen LogP contribution >= 0.6 is 0 Å². The van der Waals surface area contributed by atoms with Crippen LogP contribution in [-0.2, 0) is 4.84 Å². The largest absolute Gasteiger partial charge is 0.490 e. The SMILES string of the molecule is NC(=O)c1ccccc1OC1CC2(C1)CC(C(CC(F)(F)F)ONC(=O)c1cnn3ccccc13)C2. The topological polar surface area (TPSA) is 108 Å². The number of fused-ring (bicyclic) bond motifs is 1. The molecule has 2 saturated carbocycles. The molecule has 2 fully saturated rings. The first-order valence-electron chi connectivity index (χ1n) is 11.6. The molecular weight excluding hydrogens is 477 g/mol. The number of nitrogens with one attached hydrogen (secondary N) is 1. The van der Waals surface area contributed by atoms with Crippen molar-refractivity contribution >= 4 is 17.3 Å². The van der Waals surface area contributed by atoms with Gasteiger partial charge in [0.25, 0.3) is 11.8 Å². The van der Waals surface area contributed by atoms with Crippen LogP contribution in [0.2, 0.25) is 0 Å². The van der Waals surface area contributed by atoms with Gasteiger partial charge in [-0.05, 0) is 61.3 Å². The van der Waals surface area contributed by atoms with Crippen molar-refractivity contribution in [1.82, 2.24) is 15.1 Å². The second-order valence-corrected chi connectivity index (χ2v) is 9.67. The maximum atomic E-state index is 13.3. The van der Waals surface area contributed by atoms with Crippen LogP contribution in [0, 0.1) is 11.3 Å². The molecule has 1 aromatic carbocycles. The van der Waals surface area contributed by atoms with Gasteiger partial charge in [-0.15, -0.1) is 0 Å². The van der Waals surface area contributed by atoms with E-state index in [0.29, 0.717) is 42.5 Å². The Morgan fingerprint density at radius 2 is 1.83 bits per heavy atom. The van der Waals surface area contributed by atoms with Gasteiger partial charge in [0.15, 0.2) is 0 Å². The summed E-state index contributed by atoms with van der Waals surface area (Å²) in [6, 6.07) is 11.9. The Hall–Kier alpha value is -3.60. The summed E-state index contributed by atoms with van der Waals surface area (Å²) < 4.78 is 47.2. The highest BCUT2D eigenvalue weighted by molar-refractivity contribution is 6.00. The van der Waals surface area contributed by atoms with Gasteiger partial charge in [0.1, 0.15) is 5.75 Å². The van der Waals surface area contributed by atoms with E-state index in [2.05, 4.69) is 10.6 Å². The molecule has 190 valence electrons. The maximum absolute atomic E-state index is 13.3. The number of benzene rings is 1. The zero-order valence-corrected chi connectivity index (χ0v) is 19.2. The first-order chi connectivity index (χ1) is 17.1. The molecule has 3 N–H and O–H groups in total. The van der Waals surface area contributed by atoms with Gasteiger partial charge in [-0.25, -0.2) is 10.00 Å². The summed E-state index contributed by atoms with van der Waals surface area (Å²) >= 11 is 0. The number of nitrogens with zero attached hydrogens (tertiary/aromatic N) is 2. The normalized spacial score (nSPS) is 24.1. The monoisotopic (exact) mass is 502 g/mol. The number of para-hydroxylation sites is 1. The number of nitrogens with two attached hydrogens (primary N) is 1. The van der Waals surface area contributed by atoms with Gasteiger partial charge < -0.3 is 10.5 Å². The highest BCUT2D eigenvalue weighted by atomic mass is 19.4. The van der Waals surface area contributed by atoms with Crippen LogP contribution in [0.5, 0.6) is 5.75 Å². The van der Waals surface area contributed by atoms with Crippen molar-refractivity contribution in [2.45, 2.75) is 50.5 Å². The standard InChI is InChI=1S/C25H25F3N4O4/c26-25(27,28)13-21(36-31-23(34)18-14-30-32-8-4-3-6-19(18)32)15-9-24(10-15)11-16(12-24)35-20-7-2-1-5-17(20)22(29)33/h1-8,14-16,21H,9-13H2,(H2,29,33)(H,31,34). The fraction of sp³-hybridized carbons (Fsp3) is 0.400. The van der Waals surface area contributed by atoms with E-state index in [9.17, 15) is 22.8 Å². The number of pyridine rings is 1. The zero-order valence-electron chi connectivity index (χ0n) is 19.2. The number of rotatable bonds is 8. The van der Waals surface area contributed by atoms with E-state index in [0.717, 1.165) is 0 Å². The van der Waals surface area contributed by atoms with Crippen molar-refractivity contribution in [3.05, 3.63) is 66.0 Å². The predicted molar refractivity (Wildman–Crippen MR) is 122 cm³/mol. The smallest absolute Gasteiger partial charge is 0.391 e. The van der Waals surface area contributed by atoms with Crippen LogP contribution in [-0.4, -0.2) is 39.8 Å². The number of ether oxygens (including phenoxy) is 1. The van der Waals surface area contributed by atoms with E-state index in [1.54, 1.807) is 48.7 Å². The number of hydrogen-bond donors (Lipinski definition) is 2. The Labute approximate surface area is 204 Å². The summed E-state index contributed by atoms with van der Waals surface area (Å²) in [7, 11) is 0. The minimum Gasteiger partial charge on any atom is -0.490 e. The van der Waals surface area contributed by atoms with E-state index in [1.807, 2.05) is 0 Å². The van der Waals surface area contributed by atoms with Gasteiger partial charge >= 0.3 is 6.18 Å². The fourth-order valence-corrected chi connectivity index (χ4v) is 5.42. The number of carbonyl (C=O) groups is 2. The van der Waals surface area contributed by atoms with Crippen molar-refractivity contribution in [3.63, 3.8) is 0 Å². The Bertz CT molecular complexity index is 1280. The van der Waals surface area contributed by atoms with Crippen molar-refractivity contribution in [1.29, 1.82) is 0 Å². The molecule has 2 heterocycles. The van der Waals surface area contributed by atoms with E-state index < -0.39 is 30.5 Å². The van der Waals surface area contributed by atoms with Gasteiger partial charge in [0, 0.05) is 6.20 Å². The highest BCUT2D eigenvalue weighted by Crippen LogP contribution is 2.61. The summed E-state index contributed by atoms with van der Waals surface area (Å²) in [5.74, 6) is -1.17. The van der Waals surface area contributed by atoms with Crippen LogP contribution in [0.15, 0.2) is 54.9 Å². The first kappa shape index (κ1) is 24.1. The lowest BCUT2D eigenvalue weighted by atomic mass is 9.49. The Kier molecular flexibility index (Phi) is 6.11. The minimum absolute atomic E-state index is 0.114. The van der Waals surface area contributed by atoms with Crippen LogP contribution in [0.25, 0.3) is 5.52 Å². The average molecular weight is 502 g/mol. The number of primary amides is 1. The molecule has 5 rings (SSSR count). The molecule has 2 aliphatic rings. The molecule has 36 heavy (non-hydrogen) atoms. The van der Waals surface area contributed by atoms with Gasteiger partial charge in [-0.1, -0.05) is 18.2 Å². The van der Waals surface area contributed by atoms with E-state index in [4.69, 9.17) is 15.3 Å². The van der Waals surface area contributed by atoms with Gasteiger partial charge in [0.2, 0.25) is 0 Å². The Balaban J connectivity index is 1.17. The summed E-state index contributed by atoms with van der Waals surface area (Å²) in [5, 5.41) is 4.06. The Morgan fingerprint density at radius 3 is 2.56 bits per heavy atom. The Morgan fingerprint density at radius 1 is 1.11 bits per heavy atom. The number of aromatic nitrogens is 2. The van der Waals surface area contributed by atoms with Gasteiger partial charge in [-0.2, -0.15) is 18.3 Å². The van der Waals surface area contributed by atoms with Crippen molar-refractivity contribution < 1.29 is 32.3 Å². The molecule has 0 saturated heterocycles. The summed E-state index contributed by atoms with van der Waals surface area (Å²) in [6.45, 7) is 0. The molecule has 0 bridgehead atoms. The number of hydroxylamine groups is 1. The highest BCUT2D eigenvalue weighted by Gasteiger charge is 2.57. The molecule has 2 aliphatic carbocycles. The molecule has 0 aliphatic heterocycles. The van der Waals surface area contributed by atoms with Gasteiger partial charge in [-0.3, -0.25) is 14.4 Å². The molecule has 3 aromatic rings. The lowest BCUT2D eigenvalue weighted by Crippen LogP contribution is -2.55. The first-order valence-corrected chi connectivity index (χ1v) is 11.6. The van der Waals surface area contributed by atoms with Crippen LogP contribution in [0.1, 0.15) is 52.8 Å². The number of halogens is 3. The summed E-state index contributed by atoms with van der Waals surface area (Å²) in [6.07, 6.45) is -1.50. The van der Waals surface area contributed by atoms with E-state index in [1.165, 1.54) is 10.7 Å². The second-order valence-electron chi connectivity index (χ2n) is 9.67. The third kappa shape index (κ3) is 4.88. The maximum Gasteiger partial charge on any atom is 0.391 e. The van der Waals surface area contributed by atoms with Crippen LogP contribution in [0.3, 0.4) is 0 Å². The molecular formula is C25H25F3N4O4. The number of alkyl halides is 3. The third-order valence-electron chi connectivity index (χ3n) is 7.09. The van der Waals surface area contributed by atoms with Crippen molar-refractivity contribution in [3.8, 4) is 5.75 Å². The lowest BCUT2D eigenvalue weighted by Gasteiger charge is -2.58. The van der Waals surface area contributed by atoms with E-state index >= 15 is 0 Å². The lowest BCUT2D eigenvalue weighted by molar-refractivity contribution is -0.204. The minimum atomic E-state index is -4.44. The van der Waals surface area contributed by atoms with Crippen LogP contribution < -0.4 is 16.0 Å².